The molecule has 0 N–H and O–H groups in total. The van der Waals surface area contributed by atoms with Crippen LogP contribution in [0.3, 0.4) is 0 Å². The van der Waals surface area contributed by atoms with E-state index >= 15 is 0 Å². The number of hydrogen-bond donors (Lipinski definition) is 0. The number of ether oxygens (including phenoxy) is 1. The van der Waals surface area contributed by atoms with E-state index < -0.39 is 19.8 Å². The molecule has 0 fully saturated rings. The Hall–Kier alpha value is -2.07. The number of carbonyl (C=O) groups is 1. The van der Waals surface area contributed by atoms with E-state index in [1.807, 2.05) is 6.92 Å². The van der Waals surface area contributed by atoms with Crippen molar-refractivity contribution in [2.24, 2.45) is 0 Å². The molecule has 152 valence electrons. The molecule has 0 bridgehead atoms. The zero-order valence-corrected chi connectivity index (χ0v) is 20.9. The van der Waals surface area contributed by atoms with E-state index in [0.717, 1.165) is 19.3 Å². The van der Waals surface area contributed by atoms with E-state index in [9.17, 15) is 4.79 Å². The van der Waals surface area contributed by atoms with Gasteiger partial charge in [0.05, 0.1) is 6.61 Å². The molecule has 0 aromatic heterocycles. The van der Waals surface area contributed by atoms with Crippen LogP contribution in [0.4, 0.5) is 0 Å². The number of hydrogen-bond acceptors (Lipinski definition) is 2. The number of rotatable bonds is 8. The van der Waals surface area contributed by atoms with Gasteiger partial charge in [-0.25, -0.2) is 0 Å². The first kappa shape index (κ1) is 23.2. The summed E-state index contributed by atoms with van der Waals surface area (Å²) in [5, 5.41) is 0. The van der Waals surface area contributed by atoms with Gasteiger partial charge in [-0.2, -0.15) is 0 Å². The minimum atomic E-state index is -2.14. The van der Waals surface area contributed by atoms with Gasteiger partial charge in [0.15, 0.2) is 0 Å². The Labute approximate surface area is 182 Å². The standard InChI is InChI=1S/C8H16O2.3C6H5.Sn.H/c1-3-5-6-7-8(9)10-4-2;3*1-2-4-6-5-3-1;;/h3-7H2,1-2H3;3*1-5H;;. The summed E-state index contributed by atoms with van der Waals surface area (Å²) >= 11 is -2.14. The maximum atomic E-state index is 10.7. The van der Waals surface area contributed by atoms with E-state index in [1.165, 1.54) is 0 Å². The van der Waals surface area contributed by atoms with Crippen molar-refractivity contribution < 1.29 is 9.53 Å². The summed E-state index contributed by atoms with van der Waals surface area (Å²) < 4.78 is 9.38. The van der Waals surface area contributed by atoms with Crippen LogP contribution in [0.15, 0.2) is 91.0 Å². The fourth-order valence-electron chi connectivity index (χ4n) is 3.27. The fourth-order valence-corrected chi connectivity index (χ4v) is 11.8. The summed E-state index contributed by atoms with van der Waals surface area (Å²) in [7, 11) is 0. The van der Waals surface area contributed by atoms with Crippen LogP contribution in [0.5, 0.6) is 0 Å². The van der Waals surface area contributed by atoms with Crippen LogP contribution >= 0.6 is 0 Å². The summed E-state index contributed by atoms with van der Waals surface area (Å²) in [5.41, 5.74) is 0. The molecule has 0 heterocycles. The number of unbranched alkanes of at least 4 members (excludes halogenated alkanes) is 2. The Morgan fingerprint density at radius 1 is 0.690 bits per heavy atom. The third kappa shape index (κ3) is 8.44. The molecule has 0 saturated carbocycles. The van der Waals surface area contributed by atoms with Crippen LogP contribution in [-0.2, 0) is 9.53 Å². The Kier molecular flexibility index (Phi) is 11.2. The summed E-state index contributed by atoms with van der Waals surface area (Å²) in [4.78, 5) is 10.7. The maximum absolute atomic E-state index is 10.7. The molecule has 0 amide bonds. The van der Waals surface area contributed by atoms with Gasteiger partial charge in [-0.1, -0.05) is 19.8 Å². The molecule has 3 aromatic carbocycles. The molecule has 0 saturated heterocycles. The second-order valence-corrected chi connectivity index (χ2v) is 15.1. The quantitative estimate of drug-likeness (QED) is 0.268. The van der Waals surface area contributed by atoms with Gasteiger partial charge in [0.25, 0.3) is 0 Å². The average Bonchev–Trinajstić information content (AvgIpc) is 2.77. The first-order valence-electron chi connectivity index (χ1n) is 10.6. The number of benzene rings is 3. The van der Waals surface area contributed by atoms with Crippen molar-refractivity contribution in [3.05, 3.63) is 91.0 Å². The Morgan fingerprint density at radius 2 is 1.10 bits per heavy atom. The van der Waals surface area contributed by atoms with Gasteiger partial charge in [-0.3, -0.25) is 4.79 Å². The molecular weight excluding hydrogens is 463 g/mol. The van der Waals surface area contributed by atoms with Crippen LogP contribution < -0.4 is 10.7 Å². The molecule has 0 aliphatic rings. The molecule has 0 aliphatic heterocycles. The molecule has 0 aliphatic carbocycles. The van der Waals surface area contributed by atoms with Gasteiger partial charge >= 0.3 is 127 Å². The predicted molar refractivity (Wildman–Crippen MR) is 126 cm³/mol. The van der Waals surface area contributed by atoms with Crippen LogP contribution in [-0.4, -0.2) is 32.3 Å². The van der Waals surface area contributed by atoms with Gasteiger partial charge in [0, 0.05) is 6.42 Å². The zero-order valence-electron chi connectivity index (χ0n) is 17.6. The predicted octanol–water partition coefficient (Wildman–Crippen LogP) is 4.06. The van der Waals surface area contributed by atoms with Crippen molar-refractivity contribution in [1.29, 1.82) is 0 Å². The van der Waals surface area contributed by atoms with E-state index in [2.05, 4.69) is 97.9 Å². The number of esters is 1. The van der Waals surface area contributed by atoms with Gasteiger partial charge < -0.3 is 4.74 Å². The van der Waals surface area contributed by atoms with Crippen LogP contribution in [0.1, 0.15) is 39.5 Å². The minimum absolute atomic E-state index is 0.0593. The molecule has 0 radical (unpaired) electrons. The van der Waals surface area contributed by atoms with E-state index in [-0.39, 0.29) is 5.97 Å². The van der Waals surface area contributed by atoms with Crippen molar-refractivity contribution in [2.75, 3.05) is 6.61 Å². The summed E-state index contributed by atoms with van der Waals surface area (Å²) in [5.74, 6) is -0.0593. The van der Waals surface area contributed by atoms with Gasteiger partial charge in [-0.15, -0.1) is 0 Å². The SMILES string of the molecule is CCCCCC(=O)OCC.c1cc[c]([SnH]([c]2ccccc2)[c]2ccccc2)cc1. The molecule has 29 heavy (non-hydrogen) atoms. The summed E-state index contributed by atoms with van der Waals surface area (Å²) in [6.07, 6.45) is 3.83. The van der Waals surface area contributed by atoms with Crippen LogP contribution in [0, 0.1) is 0 Å². The Bertz CT molecular complexity index is 710. The molecule has 2 nitrogen and oxygen atoms in total. The zero-order chi connectivity index (χ0) is 20.7. The fraction of sp³-hybridized carbons (Fsp3) is 0.269. The second kappa shape index (κ2) is 14.0. The molecule has 0 spiro atoms. The third-order valence-electron chi connectivity index (χ3n) is 4.69. The van der Waals surface area contributed by atoms with Gasteiger partial charge in [0.1, 0.15) is 0 Å². The Balaban J connectivity index is 0.000000257. The van der Waals surface area contributed by atoms with Gasteiger partial charge in [0.2, 0.25) is 0 Å². The van der Waals surface area contributed by atoms with Crippen molar-refractivity contribution >= 4 is 36.5 Å². The van der Waals surface area contributed by atoms with Crippen LogP contribution in [0.25, 0.3) is 0 Å². The van der Waals surface area contributed by atoms with E-state index in [0.29, 0.717) is 13.0 Å². The summed E-state index contributed by atoms with van der Waals surface area (Å²) in [6.45, 7) is 4.45. The first-order chi connectivity index (χ1) is 14.3. The molecular formula is C26H32O2Sn. The monoisotopic (exact) mass is 496 g/mol. The topological polar surface area (TPSA) is 26.3 Å². The van der Waals surface area contributed by atoms with Gasteiger partial charge in [-0.05, 0) is 13.3 Å². The van der Waals surface area contributed by atoms with Crippen molar-refractivity contribution in [2.45, 2.75) is 39.5 Å². The molecule has 3 aromatic rings. The van der Waals surface area contributed by atoms with Crippen molar-refractivity contribution in [1.82, 2.24) is 0 Å². The molecule has 0 unspecified atom stereocenters. The summed E-state index contributed by atoms with van der Waals surface area (Å²) in [6, 6.07) is 33.0. The molecule has 3 heteroatoms. The second-order valence-electron chi connectivity index (χ2n) is 6.93. The van der Waals surface area contributed by atoms with E-state index in [4.69, 9.17) is 4.74 Å². The normalized spacial score (nSPS) is 10.2. The van der Waals surface area contributed by atoms with Crippen molar-refractivity contribution in [3.8, 4) is 0 Å². The van der Waals surface area contributed by atoms with E-state index in [1.54, 1.807) is 10.7 Å². The molecule has 0 atom stereocenters. The van der Waals surface area contributed by atoms with Crippen LogP contribution in [0.2, 0.25) is 0 Å². The third-order valence-corrected chi connectivity index (χ3v) is 13.7. The first-order valence-corrected chi connectivity index (χ1v) is 15.5. The Morgan fingerprint density at radius 3 is 1.45 bits per heavy atom. The number of carbonyl (C=O) groups excluding carboxylic acids is 1. The van der Waals surface area contributed by atoms with Crippen molar-refractivity contribution in [3.63, 3.8) is 0 Å². The average molecular weight is 495 g/mol. The molecule has 3 rings (SSSR count).